The van der Waals surface area contributed by atoms with Crippen molar-refractivity contribution in [2.75, 3.05) is 0 Å². The average Bonchev–Trinajstić information content (AvgIpc) is 2.16. The molecule has 0 bridgehead atoms. The predicted octanol–water partition coefficient (Wildman–Crippen LogP) is 1.82. The summed E-state index contributed by atoms with van der Waals surface area (Å²) in [7, 11) is 0. The summed E-state index contributed by atoms with van der Waals surface area (Å²) in [6.07, 6.45) is 0. The van der Waals surface area contributed by atoms with E-state index in [1.165, 1.54) is 0 Å². The van der Waals surface area contributed by atoms with E-state index in [-0.39, 0.29) is 6.61 Å². The number of hydrogen-bond acceptors (Lipinski definition) is 2. The van der Waals surface area contributed by atoms with E-state index < -0.39 is 0 Å². The standard InChI is InChI=1S/C10H6BrNO/c11-10-4-3-8(2-1-5-12)6-9(10)7-13/h3-4,6,13H,7H2. The average molecular weight is 236 g/mol. The Labute approximate surface area is 84.9 Å². The monoisotopic (exact) mass is 235 g/mol. The maximum absolute atomic E-state index is 8.93. The second-order valence-corrected chi connectivity index (χ2v) is 3.18. The molecule has 0 saturated carbocycles. The predicted molar refractivity (Wildman–Crippen MR) is 52.6 cm³/mol. The number of nitriles is 1. The fraction of sp³-hybridized carbons (Fsp3) is 0.100. The minimum atomic E-state index is -0.0390. The van der Waals surface area contributed by atoms with Crippen molar-refractivity contribution >= 4 is 15.9 Å². The smallest absolute Gasteiger partial charge is 0.152 e. The van der Waals surface area contributed by atoms with E-state index in [1.54, 1.807) is 24.3 Å². The van der Waals surface area contributed by atoms with Crippen molar-refractivity contribution in [1.29, 1.82) is 5.26 Å². The Morgan fingerprint density at radius 3 is 2.85 bits per heavy atom. The molecule has 0 atom stereocenters. The van der Waals surface area contributed by atoms with Crippen molar-refractivity contribution in [3.8, 4) is 17.9 Å². The molecule has 1 aromatic carbocycles. The summed E-state index contributed by atoms with van der Waals surface area (Å²) >= 11 is 3.29. The topological polar surface area (TPSA) is 44.0 Å². The molecule has 1 rings (SSSR count). The molecule has 0 aliphatic heterocycles. The van der Waals surface area contributed by atoms with Crippen LogP contribution in [0.4, 0.5) is 0 Å². The van der Waals surface area contributed by atoms with Gasteiger partial charge in [-0.2, -0.15) is 5.26 Å². The molecule has 2 nitrogen and oxygen atoms in total. The van der Waals surface area contributed by atoms with Crippen molar-refractivity contribution in [3.63, 3.8) is 0 Å². The molecule has 0 radical (unpaired) electrons. The van der Waals surface area contributed by atoms with E-state index in [2.05, 4.69) is 27.8 Å². The molecule has 0 aliphatic carbocycles. The zero-order valence-electron chi connectivity index (χ0n) is 6.71. The molecule has 0 aromatic heterocycles. The van der Waals surface area contributed by atoms with E-state index in [4.69, 9.17) is 10.4 Å². The zero-order valence-corrected chi connectivity index (χ0v) is 8.30. The van der Waals surface area contributed by atoms with Crippen LogP contribution in [0.25, 0.3) is 0 Å². The van der Waals surface area contributed by atoms with Crippen LogP contribution >= 0.6 is 15.9 Å². The number of benzene rings is 1. The lowest BCUT2D eigenvalue weighted by molar-refractivity contribution is 0.281. The van der Waals surface area contributed by atoms with Crippen LogP contribution in [0.1, 0.15) is 11.1 Å². The summed E-state index contributed by atoms with van der Waals surface area (Å²) in [4.78, 5) is 0. The van der Waals surface area contributed by atoms with E-state index in [0.717, 1.165) is 15.6 Å². The van der Waals surface area contributed by atoms with Gasteiger partial charge in [-0.25, -0.2) is 0 Å². The van der Waals surface area contributed by atoms with Crippen LogP contribution in [0.15, 0.2) is 22.7 Å². The van der Waals surface area contributed by atoms with E-state index in [0.29, 0.717) is 0 Å². The zero-order chi connectivity index (χ0) is 9.68. The van der Waals surface area contributed by atoms with Gasteiger partial charge in [-0.15, -0.1) is 0 Å². The molecule has 0 fully saturated rings. The Bertz CT molecular complexity index is 409. The first-order valence-corrected chi connectivity index (χ1v) is 4.36. The highest BCUT2D eigenvalue weighted by molar-refractivity contribution is 9.10. The van der Waals surface area contributed by atoms with Gasteiger partial charge in [0.05, 0.1) is 6.61 Å². The molecular formula is C10H6BrNO. The minimum Gasteiger partial charge on any atom is -0.392 e. The lowest BCUT2D eigenvalue weighted by Gasteiger charge is -1.99. The van der Waals surface area contributed by atoms with Crippen molar-refractivity contribution in [1.82, 2.24) is 0 Å². The van der Waals surface area contributed by atoms with Gasteiger partial charge in [0.15, 0.2) is 6.07 Å². The molecule has 3 heteroatoms. The Hall–Kier alpha value is -1.29. The second-order valence-electron chi connectivity index (χ2n) is 2.33. The highest BCUT2D eigenvalue weighted by Gasteiger charge is 1.97. The number of hydrogen-bond donors (Lipinski definition) is 1. The molecule has 1 N–H and O–H groups in total. The van der Waals surface area contributed by atoms with Crippen LogP contribution in [0, 0.1) is 23.2 Å². The van der Waals surface area contributed by atoms with Gasteiger partial charge in [-0.1, -0.05) is 21.9 Å². The Kier molecular flexibility index (Phi) is 3.52. The number of aliphatic hydroxyl groups is 1. The highest BCUT2D eigenvalue weighted by atomic mass is 79.9. The van der Waals surface area contributed by atoms with E-state index in [1.807, 2.05) is 0 Å². The third-order valence-corrected chi connectivity index (χ3v) is 2.25. The first-order chi connectivity index (χ1) is 6.27. The molecular weight excluding hydrogens is 230 g/mol. The van der Waals surface area contributed by atoms with Crippen LogP contribution in [-0.2, 0) is 6.61 Å². The number of rotatable bonds is 1. The van der Waals surface area contributed by atoms with Crippen molar-refractivity contribution in [2.24, 2.45) is 0 Å². The molecule has 0 spiro atoms. The van der Waals surface area contributed by atoms with Crippen molar-refractivity contribution < 1.29 is 5.11 Å². The molecule has 0 saturated heterocycles. The van der Waals surface area contributed by atoms with Gasteiger partial charge in [0, 0.05) is 16.0 Å². The van der Waals surface area contributed by atoms with E-state index >= 15 is 0 Å². The van der Waals surface area contributed by atoms with Crippen LogP contribution < -0.4 is 0 Å². The number of aliphatic hydroxyl groups excluding tert-OH is 1. The summed E-state index contributed by atoms with van der Waals surface area (Å²) in [5, 5.41) is 17.2. The van der Waals surface area contributed by atoms with Gasteiger partial charge in [0.25, 0.3) is 0 Å². The quantitative estimate of drug-likeness (QED) is 0.755. The van der Waals surface area contributed by atoms with Gasteiger partial charge in [-0.3, -0.25) is 0 Å². The fourth-order valence-corrected chi connectivity index (χ4v) is 1.25. The maximum atomic E-state index is 8.93. The summed E-state index contributed by atoms with van der Waals surface area (Å²) in [6.45, 7) is -0.0390. The third-order valence-electron chi connectivity index (χ3n) is 1.48. The molecule has 64 valence electrons. The van der Waals surface area contributed by atoms with Crippen molar-refractivity contribution in [2.45, 2.75) is 6.61 Å². The van der Waals surface area contributed by atoms with E-state index in [9.17, 15) is 0 Å². The lowest BCUT2D eigenvalue weighted by atomic mass is 10.1. The Balaban J connectivity index is 3.08. The first kappa shape index (κ1) is 9.80. The molecule has 13 heavy (non-hydrogen) atoms. The minimum absolute atomic E-state index is 0.0390. The summed E-state index contributed by atoms with van der Waals surface area (Å²) < 4.78 is 0.845. The van der Waals surface area contributed by atoms with Gasteiger partial charge in [-0.05, 0) is 23.8 Å². The van der Waals surface area contributed by atoms with Crippen LogP contribution in [0.3, 0.4) is 0 Å². The molecule has 0 aliphatic rings. The SMILES string of the molecule is N#CC#Cc1ccc(Br)c(CO)c1. The van der Waals surface area contributed by atoms with Gasteiger partial charge in [0.1, 0.15) is 0 Å². The normalized spacial score (nSPS) is 8.38. The maximum Gasteiger partial charge on any atom is 0.152 e. The van der Waals surface area contributed by atoms with Crippen LogP contribution in [0.5, 0.6) is 0 Å². The van der Waals surface area contributed by atoms with Gasteiger partial charge in [0.2, 0.25) is 0 Å². The van der Waals surface area contributed by atoms with Gasteiger partial charge >= 0.3 is 0 Å². The summed E-state index contributed by atoms with van der Waals surface area (Å²) in [6, 6.07) is 7.06. The first-order valence-electron chi connectivity index (χ1n) is 3.57. The van der Waals surface area contributed by atoms with Crippen LogP contribution in [0.2, 0.25) is 0 Å². The summed E-state index contributed by atoms with van der Waals surface area (Å²) in [5.74, 6) is 4.95. The highest BCUT2D eigenvalue weighted by Crippen LogP contribution is 2.17. The van der Waals surface area contributed by atoms with Crippen molar-refractivity contribution in [3.05, 3.63) is 33.8 Å². The molecule has 0 unspecified atom stereocenters. The Morgan fingerprint density at radius 2 is 2.23 bits per heavy atom. The third kappa shape index (κ3) is 2.59. The molecule has 1 aromatic rings. The summed E-state index contributed by atoms with van der Waals surface area (Å²) in [5.41, 5.74) is 1.50. The lowest BCUT2D eigenvalue weighted by Crippen LogP contribution is -1.86. The largest absolute Gasteiger partial charge is 0.392 e. The van der Waals surface area contributed by atoms with Gasteiger partial charge < -0.3 is 5.11 Å². The molecule has 0 heterocycles. The number of nitrogens with zero attached hydrogens (tertiary/aromatic N) is 1. The van der Waals surface area contributed by atoms with Crippen LogP contribution in [-0.4, -0.2) is 5.11 Å². The Morgan fingerprint density at radius 1 is 1.46 bits per heavy atom. The fourth-order valence-electron chi connectivity index (χ4n) is 0.874. The number of halogens is 1. The second kappa shape index (κ2) is 4.67. The molecule has 0 amide bonds.